The van der Waals surface area contributed by atoms with Crippen molar-refractivity contribution < 1.29 is 4.21 Å². The monoisotopic (exact) mass is 422 g/mol. The van der Waals surface area contributed by atoms with Gasteiger partial charge in [-0.05, 0) is 55.4 Å². The quantitative estimate of drug-likeness (QED) is 0.622. The summed E-state index contributed by atoms with van der Waals surface area (Å²) in [5.74, 6) is 1.95. The second kappa shape index (κ2) is 8.44. The fraction of sp³-hybridized carbons (Fsp3) is 0.409. The number of anilines is 1. The van der Waals surface area contributed by atoms with Crippen LogP contribution < -0.4 is 4.90 Å². The van der Waals surface area contributed by atoms with Gasteiger partial charge in [-0.1, -0.05) is 12.1 Å². The van der Waals surface area contributed by atoms with Crippen LogP contribution in [0.15, 0.2) is 42.9 Å². The Morgan fingerprint density at radius 3 is 2.63 bits per heavy atom. The minimum Gasteiger partial charge on any atom is -0.356 e. The number of aromatic nitrogens is 3. The number of nitriles is 1. The minimum atomic E-state index is -2.69. The molecule has 1 fully saturated rings. The van der Waals surface area contributed by atoms with Crippen LogP contribution >= 0.6 is 0 Å². The molecule has 0 bridgehead atoms. The van der Waals surface area contributed by atoms with Gasteiger partial charge in [0.25, 0.3) is 0 Å². The summed E-state index contributed by atoms with van der Waals surface area (Å²) in [6.07, 6.45) is 7.42. The van der Waals surface area contributed by atoms with Crippen molar-refractivity contribution in [3.05, 3.63) is 54.0 Å². The molecule has 1 aliphatic carbocycles. The number of nitrogens with zero attached hydrogens (tertiary/aromatic N) is 4. The molecule has 1 atom stereocenters. The molecule has 30 heavy (non-hydrogen) atoms. The van der Waals surface area contributed by atoms with E-state index in [0.717, 1.165) is 48.1 Å². The standard InChI is InChI=1S/C22H26N6OS/c1-28(22-20-10-11-25-21(20)26-15-27-22)19-8-6-18(7-9-19)14-30(24,29)13-17-4-2-16(12-23)3-5-17/h2-5,10-11,15,18-19,24H,6-9,13-14H2,1H3,(H,25,26,27). The normalized spacial score (nSPS) is 21.1. The van der Waals surface area contributed by atoms with E-state index < -0.39 is 9.73 Å². The number of aromatic amines is 1. The van der Waals surface area contributed by atoms with Gasteiger partial charge in [-0.15, -0.1) is 0 Å². The first kappa shape index (κ1) is 20.4. The van der Waals surface area contributed by atoms with E-state index in [0.29, 0.717) is 23.3 Å². The van der Waals surface area contributed by atoms with Gasteiger partial charge in [0.1, 0.15) is 17.8 Å². The SMILES string of the molecule is CN(c1ncnc2[nH]ccc12)C1CCC(CS(=N)(=O)Cc2ccc(C#N)cc2)CC1. The van der Waals surface area contributed by atoms with E-state index in [-0.39, 0.29) is 5.75 Å². The molecule has 0 aliphatic heterocycles. The van der Waals surface area contributed by atoms with Gasteiger partial charge in [-0.25, -0.2) is 14.2 Å². The van der Waals surface area contributed by atoms with Crippen molar-refractivity contribution >= 4 is 26.6 Å². The Kier molecular flexibility index (Phi) is 5.73. The fourth-order valence-electron chi connectivity index (χ4n) is 4.40. The molecule has 0 spiro atoms. The molecule has 1 aliphatic rings. The third-order valence-electron chi connectivity index (χ3n) is 6.02. The molecule has 7 nitrogen and oxygen atoms in total. The van der Waals surface area contributed by atoms with Gasteiger partial charge in [0.15, 0.2) is 0 Å². The summed E-state index contributed by atoms with van der Waals surface area (Å²) in [6, 6.07) is 11.5. The van der Waals surface area contributed by atoms with Crippen LogP contribution in [-0.2, 0) is 15.5 Å². The molecule has 8 heteroatoms. The lowest BCUT2D eigenvalue weighted by Crippen LogP contribution is -2.37. The van der Waals surface area contributed by atoms with Crippen molar-refractivity contribution in [3.8, 4) is 6.07 Å². The molecular formula is C22H26N6OS. The zero-order valence-corrected chi connectivity index (χ0v) is 17.9. The average molecular weight is 423 g/mol. The van der Waals surface area contributed by atoms with Crippen LogP contribution in [0.5, 0.6) is 0 Å². The van der Waals surface area contributed by atoms with Crippen LogP contribution in [0.1, 0.15) is 36.8 Å². The lowest BCUT2D eigenvalue weighted by atomic mass is 9.86. The molecule has 0 amide bonds. The maximum Gasteiger partial charge on any atom is 0.142 e. The highest BCUT2D eigenvalue weighted by molar-refractivity contribution is 7.91. The molecule has 3 aromatic rings. The highest BCUT2D eigenvalue weighted by atomic mass is 32.2. The van der Waals surface area contributed by atoms with E-state index in [1.165, 1.54) is 0 Å². The summed E-state index contributed by atoms with van der Waals surface area (Å²) in [5.41, 5.74) is 2.29. The Morgan fingerprint density at radius 2 is 1.93 bits per heavy atom. The molecule has 0 radical (unpaired) electrons. The summed E-state index contributed by atoms with van der Waals surface area (Å²) in [7, 11) is -0.605. The summed E-state index contributed by atoms with van der Waals surface area (Å²) in [5, 5.41) is 9.92. The molecule has 2 N–H and O–H groups in total. The van der Waals surface area contributed by atoms with Crippen molar-refractivity contribution in [2.75, 3.05) is 17.7 Å². The minimum absolute atomic E-state index is 0.255. The number of nitrogens with one attached hydrogen (secondary N) is 2. The zero-order chi connectivity index (χ0) is 21.1. The second-order valence-corrected chi connectivity index (χ2v) is 10.4. The summed E-state index contributed by atoms with van der Waals surface area (Å²) in [4.78, 5) is 14.1. The Balaban J connectivity index is 1.35. The zero-order valence-electron chi connectivity index (χ0n) is 17.0. The van der Waals surface area contributed by atoms with E-state index in [9.17, 15) is 4.21 Å². The number of fused-ring (bicyclic) bond motifs is 1. The first-order valence-electron chi connectivity index (χ1n) is 10.2. The molecule has 1 unspecified atom stereocenters. The maximum absolute atomic E-state index is 12.9. The van der Waals surface area contributed by atoms with Gasteiger partial charge in [0, 0.05) is 34.8 Å². The summed E-state index contributed by atoms with van der Waals surface area (Å²) in [6.45, 7) is 0. The van der Waals surface area contributed by atoms with E-state index in [1.54, 1.807) is 18.5 Å². The Bertz CT molecular complexity index is 1150. The van der Waals surface area contributed by atoms with Crippen LogP contribution in [0.25, 0.3) is 11.0 Å². The summed E-state index contributed by atoms with van der Waals surface area (Å²) >= 11 is 0. The van der Waals surface area contributed by atoms with Crippen molar-refractivity contribution in [1.29, 1.82) is 10.0 Å². The van der Waals surface area contributed by atoms with Crippen molar-refractivity contribution in [1.82, 2.24) is 15.0 Å². The number of hydrogen-bond donors (Lipinski definition) is 2. The average Bonchev–Trinajstić information content (AvgIpc) is 3.23. The van der Waals surface area contributed by atoms with Crippen LogP contribution in [0, 0.1) is 22.0 Å². The predicted octanol–water partition coefficient (Wildman–Crippen LogP) is 4.07. The lowest BCUT2D eigenvalue weighted by Gasteiger charge is -2.35. The van der Waals surface area contributed by atoms with Crippen molar-refractivity contribution in [2.45, 2.75) is 37.5 Å². The van der Waals surface area contributed by atoms with Gasteiger partial charge in [0.05, 0.1) is 22.8 Å². The van der Waals surface area contributed by atoms with E-state index in [4.69, 9.17) is 10.0 Å². The van der Waals surface area contributed by atoms with Gasteiger partial charge in [0.2, 0.25) is 0 Å². The first-order valence-corrected chi connectivity index (χ1v) is 12.1. The van der Waals surface area contributed by atoms with Gasteiger partial charge in [-0.2, -0.15) is 5.26 Å². The van der Waals surface area contributed by atoms with E-state index >= 15 is 0 Å². The number of benzene rings is 1. The molecular weight excluding hydrogens is 396 g/mol. The highest BCUT2D eigenvalue weighted by Crippen LogP contribution is 2.32. The first-order chi connectivity index (χ1) is 14.4. The van der Waals surface area contributed by atoms with Gasteiger partial charge >= 0.3 is 0 Å². The van der Waals surface area contributed by atoms with E-state index in [1.807, 2.05) is 24.4 Å². The Hall–Kier alpha value is -2.92. The lowest BCUT2D eigenvalue weighted by molar-refractivity contribution is 0.342. The molecule has 1 saturated carbocycles. The maximum atomic E-state index is 12.9. The molecule has 4 rings (SSSR count). The van der Waals surface area contributed by atoms with E-state index in [2.05, 4.69) is 33.0 Å². The molecule has 2 heterocycles. The molecule has 2 aromatic heterocycles. The molecule has 1 aromatic carbocycles. The highest BCUT2D eigenvalue weighted by Gasteiger charge is 2.27. The van der Waals surface area contributed by atoms with Crippen molar-refractivity contribution in [2.24, 2.45) is 5.92 Å². The third kappa shape index (κ3) is 4.46. The van der Waals surface area contributed by atoms with Crippen molar-refractivity contribution in [3.63, 3.8) is 0 Å². The second-order valence-electron chi connectivity index (χ2n) is 8.15. The number of hydrogen-bond acceptors (Lipinski definition) is 6. The third-order valence-corrected chi connectivity index (χ3v) is 7.83. The summed E-state index contributed by atoms with van der Waals surface area (Å²) < 4.78 is 21.3. The molecule has 156 valence electrons. The predicted molar refractivity (Wildman–Crippen MR) is 119 cm³/mol. The Morgan fingerprint density at radius 1 is 1.20 bits per heavy atom. The van der Waals surface area contributed by atoms with Crippen LogP contribution in [0.3, 0.4) is 0 Å². The topological polar surface area (TPSA) is 110 Å². The van der Waals surface area contributed by atoms with Gasteiger partial charge < -0.3 is 9.88 Å². The van der Waals surface area contributed by atoms with Gasteiger partial charge in [-0.3, -0.25) is 4.78 Å². The van der Waals surface area contributed by atoms with Crippen LogP contribution in [-0.4, -0.2) is 38.0 Å². The Labute approximate surface area is 177 Å². The smallest absolute Gasteiger partial charge is 0.142 e. The van der Waals surface area contributed by atoms with Crippen LogP contribution in [0.2, 0.25) is 0 Å². The fourth-order valence-corrected chi connectivity index (χ4v) is 6.34. The number of rotatable bonds is 6. The van der Waals surface area contributed by atoms with Crippen LogP contribution in [0.4, 0.5) is 5.82 Å². The number of H-pyrrole nitrogens is 1. The molecule has 0 saturated heterocycles. The largest absolute Gasteiger partial charge is 0.356 e.